The van der Waals surface area contributed by atoms with Crippen LogP contribution in [0.25, 0.3) is 0 Å². The minimum atomic E-state index is -0.339. The Balaban J connectivity index is 3.88. The molecule has 0 aliphatic carbocycles. The van der Waals surface area contributed by atoms with Crippen molar-refractivity contribution in [2.75, 3.05) is 7.11 Å². The van der Waals surface area contributed by atoms with E-state index in [4.69, 9.17) is 0 Å². The Kier molecular flexibility index (Phi) is 4.94. The Morgan fingerprint density at radius 3 is 2.50 bits per heavy atom. The molecular weight excluding hydrogens is 196 g/mol. The molecule has 0 aromatic carbocycles. The predicted molar refractivity (Wildman–Crippen MR) is 43.8 cm³/mol. The van der Waals surface area contributed by atoms with Crippen molar-refractivity contribution in [3.63, 3.8) is 0 Å². The summed E-state index contributed by atoms with van der Waals surface area (Å²) in [6.45, 7) is 1.87. The maximum Gasteiger partial charge on any atom is 0.330 e. The molecule has 56 valence electrons. The van der Waals surface area contributed by atoms with Gasteiger partial charge in [-0.25, -0.2) is 4.79 Å². The summed E-state index contributed by atoms with van der Waals surface area (Å²) in [5.41, 5.74) is 0.963. The monoisotopic (exact) mass is 204 g/mol. The van der Waals surface area contributed by atoms with Gasteiger partial charge in [0.25, 0.3) is 0 Å². The molecule has 0 amide bonds. The lowest BCUT2D eigenvalue weighted by Crippen LogP contribution is -1.93. The maximum absolute atomic E-state index is 10.5. The number of esters is 1. The number of hydrogen-bond acceptors (Lipinski definition) is 2. The van der Waals surface area contributed by atoms with E-state index in [1.165, 1.54) is 13.2 Å². The molecule has 3 heteroatoms. The SMILES string of the molecule is COC(=O)/C=C/C(C)=C/Br. The Hall–Kier alpha value is -0.570. The van der Waals surface area contributed by atoms with E-state index in [1.54, 1.807) is 11.1 Å². The molecule has 0 aliphatic heterocycles. The third kappa shape index (κ3) is 4.32. The first-order valence-corrected chi connectivity index (χ1v) is 3.65. The van der Waals surface area contributed by atoms with E-state index in [1.807, 2.05) is 6.92 Å². The topological polar surface area (TPSA) is 26.3 Å². The minimum Gasteiger partial charge on any atom is -0.466 e. The van der Waals surface area contributed by atoms with E-state index in [-0.39, 0.29) is 5.97 Å². The lowest BCUT2D eigenvalue weighted by atomic mass is 10.3. The molecule has 0 radical (unpaired) electrons. The number of ether oxygens (including phenoxy) is 1. The van der Waals surface area contributed by atoms with Crippen LogP contribution in [0.15, 0.2) is 22.7 Å². The molecule has 0 N–H and O–H groups in total. The lowest BCUT2D eigenvalue weighted by molar-refractivity contribution is -0.134. The Morgan fingerprint density at radius 2 is 2.10 bits per heavy atom. The Morgan fingerprint density at radius 1 is 1.50 bits per heavy atom. The van der Waals surface area contributed by atoms with Gasteiger partial charge in [0.1, 0.15) is 0 Å². The first-order valence-electron chi connectivity index (χ1n) is 2.73. The smallest absolute Gasteiger partial charge is 0.330 e. The van der Waals surface area contributed by atoms with Gasteiger partial charge in [0.05, 0.1) is 7.11 Å². The molecule has 0 bridgehead atoms. The molecule has 0 fully saturated rings. The number of rotatable bonds is 2. The largest absolute Gasteiger partial charge is 0.466 e. The highest BCUT2D eigenvalue weighted by atomic mass is 79.9. The summed E-state index contributed by atoms with van der Waals surface area (Å²) in [4.78, 5) is 12.2. The van der Waals surface area contributed by atoms with Crippen LogP contribution in [0.5, 0.6) is 0 Å². The van der Waals surface area contributed by atoms with Crippen LogP contribution in [0.1, 0.15) is 6.92 Å². The summed E-state index contributed by atoms with van der Waals surface area (Å²) in [7, 11) is 1.35. The van der Waals surface area contributed by atoms with Crippen molar-refractivity contribution in [1.82, 2.24) is 0 Å². The van der Waals surface area contributed by atoms with E-state index in [9.17, 15) is 4.79 Å². The molecule has 0 spiro atoms. The van der Waals surface area contributed by atoms with E-state index in [2.05, 4.69) is 20.7 Å². The third-order valence-corrected chi connectivity index (χ3v) is 1.58. The summed E-state index contributed by atoms with van der Waals surface area (Å²) < 4.78 is 4.38. The minimum absolute atomic E-state index is 0.339. The second-order valence-corrected chi connectivity index (χ2v) is 2.17. The second kappa shape index (κ2) is 5.23. The molecule has 0 rings (SSSR count). The van der Waals surface area contributed by atoms with Crippen LogP contribution in [0.4, 0.5) is 0 Å². The maximum atomic E-state index is 10.5. The highest BCUT2D eigenvalue weighted by Crippen LogP contribution is 1.98. The quantitative estimate of drug-likeness (QED) is 0.391. The van der Waals surface area contributed by atoms with Crippen molar-refractivity contribution in [2.45, 2.75) is 6.92 Å². The van der Waals surface area contributed by atoms with Crippen LogP contribution in [0.2, 0.25) is 0 Å². The zero-order valence-corrected chi connectivity index (χ0v) is 7.51. The van der Waals surface area contributed by atoms with Gasteiger partial charge in [-0.15, -0.1) is 0 Å². The predicted octanol–water partition coefficient (Wildman–Crippen LogP) is 2.01. The fourth-order valence-electron chi connectivity index (χ4n) is 0.304. The van der Waals surface area contributed by atoms with Crippen molar-refractivity contribution < 1.29 is 9.53 Å². The van der Waals surface area contributed by atoms with Crippen molar-refractivity contribution in [3.8, 4) is 0 Å². The first kappa shape index (κ1) is 9.43. The Labute approximate surface area is 68.7 Å². The molecule has 0 saturated heterocycles. The summed E-state index contributed by atoms with van der Waals surface area (Å²) in [5.74, 6) is -0.339. The van der Waals surface area contributed by atoms with Crippen LogP contribution in [-0.4, -0.2) is 13.1 Å². The molecule has 0 saturated carbocycles. The number of allylic oxidation sites excluding steroid dienone is 2. The van der Waals surface area contributed by atoms with Gasteiger partial charge in [-0.05, 0) is 17.5 Å². The molecular formula is C7H9BrO2. The van der Waals surface area contributed by atoms with Crippen molar-refractivity contribution >= 4 is 21.9 Å². The summed E-state index contributed by atoms with van der Waals surface area (Å²) in [6.07, 6.45) is 3.04. The van der Waals surface area contributed by atoms with E-state index < -0.39 is 0 Å². The van der Waals surface area contributed by atoms with Gasteiger partial charge in [0.15, 0.2) is 0 Å². The average molecular weight is 205 g/mol. The lowest BCUT2D eigenvalue weighted by Gasteiger charge is -1.88. The van der Waals surface area contributed by atoms with Crippen LogP contribution >= 0.6 is 15.9 Å². The van der Waals surface area contributed by atoms with Gasteiger partial charge in [-0.1, -0.05) is 22.0 Å². The molecule has 0 aromatic rings. The van der Waals surface area contributed by atoms with E-state index >= 15 is 0 Å². The normalized spacial score (nSPS) is 12.1. The summed E-state index contributed by atoms with van der Waals surface area (Å²) in [5, 5.41) is 0. The number of halogens is 1. The van der Waals surface area contributed by atoms with Gasteiger partial charge in [-0.2, -0.15) is 0 Å². The average Bonchev–Trinajstić information content (AvgIpc) is 1.99. The number of carbonyl (C=O) groups is 1. The van der Waals surface area contributed by atoms with Gasteiger partial charge < -0.3 is 4.74 Å². The zero-order valence-electron chi connectivity index (χ0n) is 5.93. The molecule has 0 unspecified atom stereocenters. The molecule has 2 nitrogen and oxygen atoms in total. The summed E-state index contributed by atoms with van der Waals surface area (Å²) >= 11 is 3.12. The van der Waals surface area contributed by atoms with Crippen LogP contribution in [-0.2, 0) is 9.53 Å². The molecule has 0 heterocycles. The zero-order chi connectivity index (χ0) is 7.98. The number of methoxy groups -OCH3 is 1. The molecule has 10 heavy (non-hydrogen) atoms. The molecule has 0 aliphatic rings. The number of carbonyl (C=O) groups excluding carboxylic acids is 1. The van der Waals surface area contributed by atoms with Crippen molar-refractivity contribution in [1.29, 1.82) is 0 Å². The van der Waals surface area contributed by atoms with Crippen molar-refractivity contribution in [2.24, 2.45) is 0 Å². The Bertz CT molecular complexity index is 170. The fourth-order valence-corrected chi connectivity index (χ4v) is 0.457. The third-order valence-electron chi connectivity index (χ3n) is 0.856. The van der Waals surface area contributed by atoms with E-state index in [0.717, 1.165) is 5.57 Å². The van der Waals surface area contributed by atoms with Crippen LogP contribution < -0.4 is 0 Å². The number of hydrogen-bond donors (Lipinski definition) is 0. The van der Waals surface area contributed by atoms with Gasteiger partial charge in [0, 0.05) is 6.08 Å². The molecule has 0 aromatic heterocycles. The first-order chi connectivity index (χ1) is 4.70. The standard InChI is InChI=1S/C7H9BrO2/c1-6(5-8)3-4-7(9)10-2/h3-5H,1-2H3/b4-3+,6-5+. The van der Waals surface area contributed by atoms with Gasteiger partial charge >= 0.3 is 5.97 Å². The van der Waals surface area contributed by atoms with Crippen LogP contribution in [0, 0.1) is 0 Å². The highest BCUT2D eigenvalue weighted by molar-refractivity contribution is 9.11. The van der Waals surface area contributed by atoms with Crippen LogP contribution in [0.3, 0.4) is 0 Å². The molecule has 0 atom stereocenters. The van der Waals surface area contributed by atoms with E-state index in [0.29, 0.717) is 0 Å². The van der Waals surface area contributed by atoms with Gasteiger partial charge in [-0.3, -0.25) is 0 Å². The summed E-state index contributed by atoms with van der Waals surface area (Å²) in [6, 6.07) is 0. The van der Waals surface area contributed by atoms with Crippen molar-refractivity contribution in [3.05, 3.63) is 22.7 Å². The second-order valence-electron chi connectivity index (χ2n) is 1.71. The highest BCUT2D eigenvalue weighted by Gasteiger charge is 1.88. The van der Waals surface area contributed by atoms with Gasteiger partial charge in [0.2, 0.25) is 0 Å². The fraction of sp³-hybridized carbons (Fsp3) is 0.286.